The maximum atomic E-state index is 13.4. The van der Waals surface area contributed by atoms with Crippen molar-refractivity contribution in [3.8, 4) is 0 Å². The first-order valence-corrected chi connectivity index (χ1v) is 15.4. The number of aromatic nitrogens is 2. The van der Waals surface area contributed by atoms with Gasteiger partial charge in [0, 0.05) is 48.7 Å². The van der Waals surface area contributed by atoms with Gasteiger partial charge in [0.2, 0.25) is 0 Å². The Morgan fingerprint density at radius 2 is 1.73 bits per heavy atom. The minimum atomic E-state index is 0.0325. The van der Waals surface area contributed by atoms with Gasteiger partial charge in [0.1, 0.15) is 10.7 Å². The van der Waals surface area contributed by atoms with Crippen LogP contribution < -0.4 is 0 Å². The lowest BCUT2D eigenvalue weighted by molar-refractivity contribution is 0.0729. The number of rotatable bonds is 8. The summed E-state index contributed by atoms with van der Waals surface area (Å²) in [6.07, 6.45) is 3.97. The number of amides is 1. The van der Waals surface area contributed by atoms with Crippen molar-refractivity contribution in [1.82, 2.24) is 19.8 Å². The number of hydrogen-bond donors (Lipinski definition) is 1. The Hall–Kier alpha value is -3.74. The molecule has 5 nitrogen and oxygen atoms in total. The first-order valence-electron chi connectivity index (χ1n) is 14.5. The highest BCUT2D eigenvalue weighted by molar-refractivity contribution is 7.09. The van der Waals surface area contributed by atoms with Crippen LogP contribution in [0.1, 0.15) is 64.1 Å². The number of aromatic amines is 1. The van der Waals surface area contributed by atoms with Crippen LogP contribution in [0.15, 0.2) is 84.4 Å². The van der Waals surface area contributed by atoms with Gasteiger partial charge in [0.25, 0.3) is 5.91 Å². The molecule has 6 rings (SSSR count). The smallest absolute Gasteiger partial charge is 0.273 e. The molecule has 0 spiro atoms. The van der Waals surface area contributed by atoms with Gasteiger partial charge < -0.3 is 9.88 Å². The standard InChI is InChI=1S/C35H38N4OS/c1-35(2,3)29-14-12-25(13-15-29)21-38(18-16-27-20-36-31-11-7-6-10-30(27)31)23-33-37-32(24-41-33)34(40)39-19-17-26-8-4-5-9-28(26)22-39/h4-15,20,24,36H,16-19,21-23H2,1-3H3. The maximum Gasteiger partial charge on any atom is 0.273 e. The van der Waals surface area contributed by atoms with Crippen molar-refractivity contribution in [3.63, 3.8) is 0 Å². The molecule has 210 valence electrons. The Balaban J connectivity index is 1.17. The third kappa shape index (κ3) is 6.29. The van der Waals surface area contributed by atoms with Gasteiger partial charge in [-0.3, -0.25) is 9.69 Å². The second-order valence-corrected chi connectivity index (χ2v) is 13.1. The highest BCUT2D eigenvalue weighted by Gasteiger charge is 2.24. The number of hydrogen-bond acceptors (Lipinski definition) is 4. The molecule has 0 saturated carbocycles. The van der Waals surface area contributed by atoms with Crippen LogP contribution in [0.2, 0.25) is 0 Å². The number of nitrogens with one attached hydrogen (secondary N) is 1. The normalized spacial score (nSPS) is 13.6. The van der Waals surface area contributed by atoms with Crippen LogP contribution in [0, 0.1) is 0 Å². The van der Waals surface area contributed by atoms with E-state index in [1.54, 1.807) is 11.3 Å². The van der Waals surface area contributed by atoms with Crippen molar-refractivity contribution in [3.05, 3.63) is 123 Å². The number of para-hydroxylation sites is 1. The molecule has 1 amide bonds. The van der Waals surface area contributed by atoms with Crippen LogP contribution in [-0.2, 0) is 37.9 Å². The molecule has 0 unspecified atom stereocenters. The molecule has 0 bridgehead atoms. The molecule has 1 aliphatic heterocycles. The summed E-state index contributed by atoms with van der Waals surface area (Å²) in [4.78, 5) is 26.0. The Labute approximate surface area is 246 Å². The minimum absolute atomic E-state index is 0.0325. The van der Waals surface area contributed by atoms with Gasteiger partial charge in [-0.2, -0.15) is 0 Å². The zero-order valence-electron chi connectivity index (χ0n) is 24.2. The molecule has 0 atom stereocenters. The van der Waals surface area contributed by atoms with Crippen LogP contribution in [0.5, 0.6) is 0 Å². The molecule has 2 aromatic heterocycles. The largest absolute Gasteiger partial charge is 0.361 e. The zero-order valence-corrected chi connectivity index (χ0v) is 25.0. The lowest BCUT2D eigenvalue weighted by Crippen LogP contribution is -2.36. The maximum absolute atomic E-state index is 13.4. The fourth-order valence-corrected chi connectivity index (χ4v) is 6.51. The Morgan fingerprint density at radius 1 is 0.976 bits per heavy atom. The quantitative estimate of drug-likeness (QED) is 0.215. The molecule has 6 heteroatoms. The Bertz CT molecular complexity index is 1640. The van der Waals surface area contributed by atoms with Crippen molar-refractivity contribution in [1.29, 1.82) is 0 Å². The first-order chi connectivity index (χ1) is 19.8. The highest BCUT2D eigenvalue weighted by Crippen LogP contribution is 2.25. The van der Waals surface area contributed by atoms with Gasteiger partial charge in [-0.25, -0.2) is 4.98 Å². The first kappa shape index (κ1) is 27.4. The molecule has 3 heterocycles. The molecule has 0 radical (unpaired) electrons. The van der Waals surface area contributed by atoms with Crippen LogP contribution in [0.4, 0.5) is 0 Å². The number of nitrogens with zero attached hydrogens (tertiary/aromatic N) is 3. The van der Waals surface area contributed by atoms with E-state index in [4.69, 9.17) is 4.98 Å². The Kier molecular flexibility index (Phi) is 7.78. The lowest BCUT2D eigenvalue weighted by Gasteiger charge is -2.28. The van der Waals surface area contributed by atoms with Crippen molar-refractivity contribution in [2.24, 2.45) is 0 Å². The van der Waals surface area contributed by atoms with E-state index < -0.39 is 0 Å². The van der Waals surface area contributed by atoms with E-state index in [0.717, 1.165) is 37.5 Å². The molecule has 0 saturated heterocycles. The predicted octanol–water partition coefficient (Wildman–Crippen LogP) is 7.37. The van der Waals surface area contributed by atoms with Crippen molar-refractivity contribution >= 4 is 28.1 Å². The SMILES string of the molecule is CC(C)(C)c1ccc(CN(CCc2c[nH]c3ccccc23)Cc2nc(C(=O)N3CCc4ccccc4C3)cs2)cc1. The van der Waals surface area contributed by atoms with E-state index in [1.165, 1.54) is 38.7 Å². The van der Waals surface area contributed by atoms with E-state index in [9.17, 15) is 4.79 Å². The summed E-state index contributed by atoms with van der Waals surface area (Å²) in [6, 6.07) is 25.9. The summed E-state index contributed by atoms with van der Waals surface area (Å²) in [6.45, 7) is 10.6. The topological polar surface area (TPSA) is 52.2 Å². The summed E-state index contributed by atoms with van der Waals surface area (Å²) in [5.41, 5.74) is 8.42. The van der Waals surface area contributed by atoms with Gasteiger partial charge in [-0.1, -0.05) is 87.5 Å². The number of carbonyl (C=O) groups is 1. The highest BCUT2D eigenvalue weighted by atomic mass is 32.1. The number of carbonyl (C=O) groups excluding carboxylic acids is 1. The fourth-order valence-electron chi connectivity index (χ4n) is 5.70. The molecule has 5 aromatic rings. The summed E-state index contributed by atoms with van der Waals surface area (Å²) in [5, 5.41) is 4.21. The second kappa shape index (κ2) is 11.6. The van der Waals surface area contributed by atoms with Crippen LogP contribution in [-0.4, -0.2) is 38.8 Å². The summed E-state index contributed by atoms with van der Waals surface area (Å²) in [7, 11) is 0. The van der Waals surface area contributed by atoms with E-state index in [0.29, 0.717) is 18.8 Å². The fraction of sp³-hybridized carbons (Fsp3) is 0.314. The third-order valence-electron chi connectivity index (χ3n) is 8.15. The zero-order chi connectivity index (χ0) is 28.4. The van der Waals surface area contributed by atoms with Gasteiger partial charge in [0.05, 0.1) is 6.54 Å². The molecule has 3 aromatic carbocycles. The van der Waals surface area contributed by atoms with Gasteiger partial charge in [-0.15, -0.1) is 11.3 Å². The summed E-state index contributed by atoms with van der Waals surface area (Å²) < 4.78 is 0. The second-order valence-electron chi connectivity index (χ2n) is 12.1. The molecule has 41 heavy (non-hydrogen) atoms. The number of H-pyrrole nitrogens is 1. The number of fused-ring (bicyclic) bond motifs is 2. The van der Waals surface area contributed by atoms with Crippen LogP contribution >= 0.6 is 11.3 Å². The number of benzene rings is 3. The molecular weight excluding hydrogens is 524 g/mol. The molecule has 1 N–H and O–H groups in total. The lowest BCUT2D eigenvalue weighted by atomic mass is 9.87. The Morgan fingerprint density at radius 3 is 2.54 bits per heavy atom. The molecular formula is C35H38N4OS. The van der Waals surface area contributed by atoms with Crippen molar-refractivity contribution in [2.45, 2.75) is 58.7 Å². The van der Waals surface area contributed by atoms with Gasteiger partial charge in [0.15, 0.2) is 0 Å². The van der Waals surface area contributed by atoms with Crippen LogP contribution in [0.3, 0.4) is 0 Å². The third-order valence-corrected chi connectivity index (χ3v) is 8.98. The average molecular weight is 563 g/mol. The molecule has 0 aliphatic carbocycles. The number of thiazole rings is 1. The molecule has 0 fully saturated rings. The summed E-state index contributed by atoms with van der Waals surface area (Å²) in [5.74, 6) is 0.0325. The van der Waals surface area contributed by atoms with E-state index in [-0.39, 0.29) is 11.3 Å². The monoisotopic (exact) mass is 562 g/mol. The molecule has 1 aliphatic rings. The van der Waals surface area contributed by atoms with E-state index in [2.05, 4.69) is 110 Å². The minimum Gasteiger partial charge on any atom is -0.361 e. The van der Waals surface area contributed by atoms with E-state index >= 15 is 0 Å². The summed E-state index contributed by atoms with van der Waals surface area (Å²) >= 11 is 1.59. The van der Waals surface area contributed by atoms with E-state index in [1.807, 2.05) is 10.3 Å². The predicted molar refractivity (Wildman–Crippen MR) is 168 cm³/mol. The average Bonchev–Trinajstić information content (AvgIpc) is 3.62. The van der Waals surface area contributed by atoms with Crippen molar-refractivity contribution in [2.75, 3.05) is 13.1 Å². The van der Waals surface area contributed by atoms with Crippen molar-refractivity contribution < 1.29 is 4.79 Å². The van der Waals surface area contributed by atoms with Crippen LogP contribution in [0.25, 0.3) is 10.9 Å². The van der Waals surface area contributed by atoms with Gasteiger partial charge in [-0.05, 0) is 52.1 Å². The van der Waals surface area contributed by atoms with Gasteiger partial charge >= 0.3 is 0 Å².